The molecule has 0 radical (unpaired) electrons. The second kappa shape index (κ2) is 6.68. The van der Waals surface area contributed by atoms with E-state index < -0.39 is 34.6 Å². The van der Waals surface area contributed by atoms with Crippen LogP contribution in [0.1, 0.15) is 45.7 Å². The molecule has 2 aliphatic rings. The number of carbonyl (C=O) groups is 2. The average molecular weight is 403 g/mol. The van der Waals surface area contributed by atoms with Crippen molar-refractivity contribution in [1.82, 2.24) is 14.8 Å². The number of benzene rings is 1. The van der Waals surface area contributed by atoms with E-state index in [0.717, 1.165) is 25.3 Å². The number of hydrogen-bond acceptors (Lipinski definition) is 4. The van der Waals surface area contributed by atoms with Gasteiger partial charge in [-0.05, 0) is 25.3 Å². The van der Waals surface area contributed by atoms with Crippen LogP contribution in [-0.2, 0) is 13.1 Å². The van der Waals surface area contributed by atoms with Gasteiger partial charge in [0.2, 0.25) is 5.43 Å². The lowest BCUT2D eigenvalue weighted by Gasteiger charge is -2.52. The van der Waals surface area contributed by atoms with Crippen LogP contribution in [0, 0.1) is 11.6 Å². The van der Waals surface area contributed by atoms with Gasteiger partial charge in [-0.1, -0.05) is 6.07 Å². The number of halogens is 2. The Bertz CT molecular complexity index is 1090. The fourth-order valence-corrected chi connectivity index (χ4v) is 3.97. The summed E-state index contributed by atoms with van der Waals surface area (Å²) in [4.78, 5) is 39.2. The van der Waals surface area contributed by atoms with E-state index >= 15 is 0 Å². The first-order chi connectivity index (χ1) is 13.7. The van der Waals surface area contributed by atoms with Crippen LogP contribution >= 0.6 is 0 Å². The summed E-state index contributed by atoms with van der Waals surface area (Å²) in [7, 11) is 1.65. The molecule has 7 nitrogen and oxygen atoms in total. The number of pyridine rings is 1. The zero-order valence-electron chi connectivity index (χ0n) is 15.7. The van der Waals surface area contributed by atoms with Crippen molar-refractivity contribution in [3.63, 3.8) is 0 Å². The van der Waals surface area contributed by atoms with E-state index in [9.17, 15) is 28.3 Å². The molecule has 2 heterocycles. The minimum absolute atomic E-state index is 0.0484. The monoisotopic (exact) mass is 403 g/mol. The maximum atomic E-state index is 13.7. The Kier molecular flexibility index (Phi) is 4.40. The molecule has 4 rings (SSSR count). The Labute approximate surface area is 164 Å². The van der Waals surface area contributed by atoms with Crippen molar-refractivity contribution in [2.45, 2.75) is 37.9 Å². The van der Waals surface area contributed by atoms with Crippen molar-refractivity contribution in [2.24, 2.45) is 0 Å². The summed E-state index contributed by atoms with van der Waals surface area (Å²) in [6, 6.07) is 2.95. The molecule has 1 spiro atoms. The van der Waals surface area contributed by atoms with Gasteiger partial charge in [0.05, 0.1) is 5.54 Å². The zero-order valence-corrected chi connectivity index (χ0v) is 15.7. The summed E-state index contributed by atoms with van der Waals surface area (Å²) in [6.45, 7) is 0.101. The molecule has 1 saturated carbocycles. The highest BCUT2D eigenvalue weighted by Gasteiger charge is 2.48. The van der Waals surface area contributed by atoms with Crippen LogP contribution in [0.2, 0.25) is 0 Å². The molecule has 2 aromatic rings. The molecule has 1 aromatic heterocycles. The third kappa shape index (κ3) is 2.97. The summed E-state index contributed by atoms with van der Waals surface area (Å²) in [5.74, 6) is -3.63. The lowest BCUT2D eigenvalue weighted by atomic mass is 9.74. The summed E-state index contributed by atoms with van der Waals surface area (Å²) < 4.78 is 28.2. The normalized spacial score (nSPS) is 17.1. The minimum Gasteiger partial charge on any atom is -0.503 e. The van der Waals surface area contributed by atoms with Crippen LogP contribution < -0.4 is 10.7 Å². The number of fused-ring (bicyclic) bond motifs is 1. The topological polar surface area (TPSA) is 91.6 Å². The van der Waals surface area contributed by atoms with E-state index in [0.29, 0.717) is 12.6 Å². The smallest absolute Gasteiger partial charge is 0.274 e. The van der Waals surface area contributed by atoms with Crippen LogP contribution in [0.5, 0.6) is 5.75 Å². The van der Waals surface area contributed by atoms with Crippen LogP contribution in [0.15, 0.2) is 29.2 Å². The highest BCUT2D eigenvalue weighted by atomic mass is 19.1. The maximum absolute atomic E-state index is 13.7. The molecule has 0 bridgehead atoms. The van der Waals surface area contributed by atoms with Gasteiger partial charge in [-0.25, -0.2) is 8.78 Å². The predicted molar refractivity (Wildman–Crippen MR) is 98.6 cm³/mol. The number of nitrogens with zero attached hydrogens (tertiary/aromatic N) is 2. The third-order valence-electron chi connectivity index (χ3n) is 5.92. The summed E-state index contributed by atoms with van der Waals surface area (Å²) in [5.41, 5.74) is -1.79. The Morgan fingerprint density at radius 1 is 1.28 bits per heavy atom. The van der Waals surface area contributed by atoms with Gasteiger partial charge in [0.25, 0.3) is 11.8 Å². The molecule has 152 valence electrons. The minimum atomic E-state index is -0.973. The van der Waals surface area contributed by atoms with Gasteiger partial charge in [-0.2, -0.15) is 0 Å². The Balaban J connectivity index is 1.64. The lowest BCUT2D eigenvalue weighted by molar-refractivity contribution is 0.00658. The van der Waals surface area contributed by atoms with E-state index in [1.54, 1.807) is 11.9 Å². The molecular weight excluding hydrogens is 384 g/mol. The number of aromatic nitrogens is 1. The van der Waals surface area contributed by atoms with Crippen molar-refractivity contribution >= 4 is 11.8 Å². The molecule has 1 aliphatic heterocycles. The Morgan fingerprint density at radius 2 is 2.00 bits per heavy atom. The summed E-state index contributed by atoms with van der Waals surface area (Å²) >= 11 is 0. The molecule has 0 saturated heterocycles. The SMILES string of the molecule is CN1C(=O)c2c(O)c(=O)c(C(=O)NCc3ccc(F)cc3F)cn2CC12CCC2. The van der Waals surface area contributed by atoms with Crippen LogP contribution in [0.3, 0.4) is 0 Å². The first-order valence-corrected chi connectivity index (χ1v) is 9.20. The first-order valence-electron chi connectivity index (χ1n) is 9.20. The van der Waals surface area contributed by atoms with Crippen LogP contribution in [0.4, 0.5) is 8.78 Å². The van der Waals surface area contributed by atoms with Gasteiger partial charge in [0.1, 0.15) is 17.2 Å². The lowest BCUT2D eigenvalue weighted by Crippen LogP contribution is -2.60. The standard InChI is InChI=1S/C20H19F2N3O4/c1-24-19(29)15-17(27)16(26)13(9-25(15)10-20(24)5-2-6-20)18(28)23-8-11-3-4-12(21)7-14(11)22/h3-4,7,9,27H,2,5-6,8,10H2,1H3,(H,23,28). The van der Waals surface area contributed by atoms with Crippen LogP contribution in [-0.4, -0.2) is 39.0 Å². The highest BCUT2D eigenvalue weighted by molar-refractivity contribution is 5.99. The van der Waals surface area contributed by atoms with Crippen molar-refractivity contribution in [3.8, 4) is 5.75 Å². The second-order valence-electron chi connectivity index (χ2n) is 7.56. The molecule has 0 unspecified atom stereocenters. The van der Waals surface area contributed by atoms with Crippen molar-refractivity contribution in [3.05, 3.63) is 63.1 Å². The van der Waals surface area contributed by atoms with Crippen LogP contribution in [0.25, 0.3) is 0 Å². The van der Waals surface area contributed by atoms with E-state index in [1.807, 2.05) is 0 Å². The molecule has 1 aromatic carbocycles. The van der Waals surface area contributed by atoms with Gasteiger partial charge in [-0.3, -0.25) is 14.4 Å². The third-order valence-corrected chi connectivity index (χ3v) is 5.92. The number of aromatic hydroxyl groups is 1. The molecule has 1 fully saturated rings. The highest BCUT2D eigenvalue weighted by Crippen LogP contribution is 2.42. The fourth-order valence-electron chi connectivity index (χ4n) is 3.97. The zero-order chi connectivity index (χ0) is 20.9. The number of nitrogens with one attached hydrogen (secondary N) is 1. The van der Waals surface area contributed by atoms with Gasteiger partial charge in [0, 0.05) is 38.0 Å². The quantitative estimate of drug-likeness (QED) is 0.817. The molecule has 29 heavy (non-hydrogen) atoms. The maximum Gasteiger partial charge on any atom is 0.274 e. The Morgan fingerprint density at radius 3 is 2.62 bits per heavy atom. The van der Waals surface area contributed by atoms with Gasteiger partial charge in [-0.15, -0.1) is 0 Å². The van der Waals surface area contributed by atoms with Gasteiger partial charge < -0.3 is 19.9 Å². The number of rotatable bonds is 3. The van der Waals surface area contributed by atoms with E-state index in [4.69, 9.17) is 0 Å². The number of amides is 2. The number of likely N-dealkylation sites (N-methyl/N-ethyl adjacent to an activating group) is 1. The molecule has 2 amide bonds. The fraction of sp³-hybridized carbons (Fsp3) is 0.350. The van der Waals surface area contributed by atoms with Crippen molar-refractivity contribution in [2.75, 3.05) is 7.05 Å². The van der Waals surface area contributed by atoms with E-state index in [2.05, 4.69) is 5.32 Å². The second-order valence-corrected chi connectivity index (χ2v) is 7.56. The van der Waals surface area contributed by atoms with Gasteiger partial charge >= 0.3 is 0 Å². The van der Waals surface area contributed by atoms with Gasteiger partial charge in [0.15, 0.2) is 11.4 Å². The van der Waals surface area contributed by atoms with E-state index in [-0.39, 0.29) is 28.9 Å². The van der Waals surface area contributed by atoms with Crippen molar-refractivity contribution < 1.29 is 23.5 Å². The molecule has 9 heteroatoms. The predicted octanol–water partition coefficient (Wildman–Crippen LogP) is 1.77. The molecular formula is C20H19F2N3O4. The van der Waals surface area contributed by atoms with Crippen molar-refractivity contribution in [1.29, 1.82) is 0 Å². The number of carbonyl (C=O) groups excluding carboxylic acids is 2. The summed E-state index contributed by atoms with van der Waals surface area (Å²) in [5, 5.41) is 12.7. The summed E-state index contributed by atoms with van der Waals surface area (Å²) in [6.07, 6.45) is 3.83. The Hall–Kier alpha value is -3.23. The van der Waals surface area contributed by atoms with E-state index in [1.165, 1.54) is 16.8 Å². The molecule has 1 aliphatic carbocycles. The molecule has 0 atom stereocenters. The molecule has 2 N–H and O–H groups in total. The average Bonchev–Trinajstić information content (AvgIpc) is 2.64. The number of hydrogen-bond donors (Lipinski definition) is 2. The largest absolute Gasteiger partial charge is 0.503 e. The first kappa shape index (κ1) is 19.1.